The summed E-state index contributed by atoms with van der Waals surface area (Å²) < 4.78 is 5.33. The first-order chi connectivity index (χ1) is 11.6. The molecule has 24 heavy (non-hydrogen) atoms. The van der Waals surface area contributed by atoms with E-state index in [2.05, 4.69) is 10.6 Å². The Kier molecular flexibility index (Phi) is 6.37. The maximum Gasteiger partial charge on any atom is 0.251 e. The van der Waals surface area contributed by atoms with Crippen molar-refractivity contribution in [2.45, 2.75) is 19.9 Å². The Morgan fingerprint density at radius 2 is 1.71 bits per heavy atom. The van der Waals surface area contributed by atoms with Gasteiger partial charge in [0.05, 0.1) is 19.2 Å². The van der Waals surface area contributed by atoms with Crippen molar-refractivity contribution in [1.82, 2.24) is 10.6 Å². The van der Waals surface area contributed by atoms with Crippen molar-refractivity contribution in [2.24, 2.45) is 0 Å². The van der Waals surface area contributed by atoms with Crippen molar-refractivity contribution < 1.29 is 14.3 Å². The number of amides is 2. The SMILES string of the molecule is CCOc1ccc(C(=O)NCC(=O)N[C@@H](C)c2ccccc2)cc1. The van der Waals surface area contributed by atoms with Crippen molar-refractivity contribution in [3.8, 4) is 5.75 Å². The molecule has 0 radical (unpaired) electrons. The number of rotatable bonds is 7. The van der Waals surface area contributed by atoms with Crippen LogP contribution in [0.15, 0.2) is 54.6 Å². The normalized spacial score (nSPS) is 11.4. The molecule has 2 aromatic rings. The molecule has 0 saturated carbocycles. The minimum absolute atomic E-state index is 0.0663. The quantitative estimate of drug-likeness (QED) is 0.822. The summed E-state index contributed by atoms with van der Waals surface area (Å²) in [5.41, 5.74) is 1.51. The van der Waals surface area contributed by atoms with E-state index in [-0.39, 0.29) is 24.4 Å². The fraction of sp³-hybridized carbons (Fsp3) is 0.263. The summed E-state index contributed by atoms with van der Waals surface area (Å²) in [6.45, 7) is 4.31. The average Bonchev–Trinajstić information content (AvgIpc) is 2.61. The van der Waals surface area contributed by atoms with Gasteiger partial charge in [0, 0.05) is 5.56 Å². The average molecular weight is 326 g/mol. The summed E-state index contributed by atoms with van der Waals surface area (Å²) >= 11 is 0. The fourth-order valence-corrected chi connectivity index (χ4v) is 2.25. The molecule has 2 rings (SSSR count). The zero-order chi connectivity index (χ0) is 17.4. The number of carbonyl (C=O) groups is 2. The third kappa shape index (κ3) is 5.12. The van der Waals surface area contributed by atoms with Gasteiger partial charge in [-0.25, -0.2) is 0 Å². The van der Waals surface area contributed by atoms with Crippen molar-refractivity contribution >= 4 is 11.8 Å². The number of carbonyl (C=O) groups excluding carboxylic acids is 2. The number of ether oxygens (including phenoxy) is 1. The van der Waals surface area contributed by atoms with Crippen molar-refractivity contribution in [2.75, 3.05) is 13.2 Å². The standard InChI is InChI=1S/C19H22N2O3/c1-3-24-17-11-9-16(10-12-17)19(23)20-13-18(22)21-14(2)15-7-5-4-6-8-15/h4-12,14H,3,13H2,1-2H3,(H,20,23)(H,21,22)/t14-/m0/s1. The van der Waals surface area contributed by atoms with Gasteiger partial charge in [-0.15, -0.1) is 0 Å². The van der Waals surface area contributed by atoms with Crippen LogP contribution in [0.25, 0.3) is 0 Å². The highest BCUT2D eigenvalue weighted by Crippen LogP contribution is 2.12. The lowest BCUT2D eigenvalue weighted by molar-refractivity contribution is -0.120. The molecule has 1 atom stereocenters. The second kappa shape index (κ2) is 8.72. The maximum absolute atomic E-state index is 12.0. The van der Waals surface area contributed by atoms with E-state index >= 15 is 0 Å². The Morgan fingerprint density at radius 3 is 2.33 bits per heavy atom. The van der Waals surface area contributed by atoms with Gasteiger partial charge >= 0.3 is 0 Å². The van der Waals surface area contributed by atoms with Crippen LogP contribution in [0, 0.1) is 0 Å². The smallest absolute Gasteiger partial charge is 0.251 e. The van der Waals surface area contributed by atoms with E-state index in [4.69, 9.17) is 4.74 Å². The molecule has 2 aromatic carbocycles. The molecule has 0 unspecified atom stereocenters. The molecule has 0 bridgehead atoms. The van der Waals surface area contributed by atoms with E-state index < -0.39 is 0 Å². The first-order valence-electron chi connectivity index (χ1n) is 7.95. The largest absolute Gasteiger partial charge is 0.494 e. The zero-order valence-corrected chi connectivity index (χ0v) is 13.9. The Labute approximate surface area is 142 Å². The van der Waals surface area contributed by atoms with Crippen molar-refractivity contribution in [3.05, 3.63) is 65.7 Å². The van der Waals surface area contributed by atoms with Gasteiger partial charge in [0.2, 0.25) is 5.91 Å². The predicted octanol–water partition coefficient (Wildman–Crippen LogP) is 2.69. The van der Waals surface area contributed by atoms with E-state index in [1.807, 2.05) is 44.2 Å². The molecule has 2 amide bonds. The Bertz CT molecular complexity index is 669. The highest BCUT2D eigenvalue weighted by Gasteiger charge is 2.11. The summed E-state index contributed by atoms with van der Waals surface area (Å²) in [4.78, 5) is 24.0. The van der Waals surface area contributed by atoms with Crippen LogP contribution in [-0.2, 0) is 4.79 Å². The Morgan fingerprint density at radius 1 is 1.04 bits per heavy atom. The molecule has 0 aliphatic heterocycles. The van der Waals surface area contributed by atoms with Crippen LogP contribution in [-0.4, -0.2) is 25.0 Å². The Hall–Kier alpha value is -2.82. The second-order valence-corrected chi connectivity index (χ2v) is 5.34. The van der Waals surface area contributed by atoms with E-state index in [1.54, 1.807) is 24.3 Å². The topological polar surface area (TPSA) is 67.4 Å². The lowest BCUT2D eigenvalue weighted by Crippen LogP contribution is -2.38. The van der Waals surface area contributed by atoms with Gasteiger partial charge in [0.1, 0.15) is 5.75 Å². The molecular weight excluding hydrogens is 304 g/mol. The minimum Gasteiger partial charge on any atom is -0.494 e. The third-order valence-electron chi connectivity index (χ3n) is 3.51. The molecule has 5 nitrogen and oxygen atoms in total. The third-order valence-corrected chi connectivity index (χ3v) is 3.51. The highest BCUT2D eigenvalue weighted by atomic mass is 16.5. The monoisotopic (exact) mass is 326 g/mol. The van der Waals surface area contributed by atoms with Gasteiger partial charge < -0.3 is 15.4 Å². The lowest BCUT2D eigenvalue weighted by atomic mass is 10.1. The Balaban J connectivity index is 1.81. The first kappa shape index (κ1) is 17.5. The molecule has 0 fully saturated rings. The van der Waals surface area contributed by atoms with Crippen LogP contribution in [0.5, 0.6) is 5.75 Å². The van der Waals surface area contributed by atoms with Gasteiger partial charge in [-0.2, -0.15) is 0 Å². The van der Waals surface area contributed by atoms with E-state index in [0.717, 1.165) is 5.56 Å². The summed E-state index contributed by atoms with van der Waals surface area (Å²) in [5, 5.41) is 5.47. The molecule has 0 heterocycles. The number of benzene rings is 2. The molecule has 0 aliphatic carbocycles. The van der Waals surface area contributed by atoms with Gasteiger partial charge in [-0.3, -0.25) is 9.59 Å². The van der Waals surface area contributed by atoms with E-state index in [9.17, 15) is 9.59 Å². The summed E-state index contributed by atoms with van der Waals surface area (Å²) in [5.74, 6) is 0.190. The predicted molar refractivity (Wildman–Crippen MR) is 92.9 cm³/mol. The van der Waals surface area contributed by atoms with Gasteiger partial charge in [-0.1, -0.05) is 30.3 Å². The number of hydrogen-bond donors (Lipinski definition) is 2. The molecule has 126 valence electrons. The van der Waals surface area contributed by atoms with Crippen molar-refractivity contribution in [3.63, 3.8) is 0 Å². The molecule has 0 aliphatic rings. The van der Waals surface area contributed by atoms with Crippen LogP contribution in [0.2, 0.25) is 0 Å². The molecule has 0 spiro atoms. The van der Waals surface area contributed by atoms with Crippen LogP contribution in [0.3, 0.4) is 0 Å². The maximum atomic E-state index is 12.0. The zero-order valence-electron chi connectivity index (χ0n) is 13.9. The number of nitrogens with one attached hydrogen (secondary N) is 2. The summed E-state index contributed by atoms with van der Waals surface area (Å²) in [7, 11) is 0. The summed E-state index contributed by atoms with van der Waals surface area (Å²) in [6, 6.07) is 16.4. The number of hydrogen-bond acceptors (Lipinski definition) is 3. The van der Waals surface area contributed by atoms with Gasteiger partial charge in [0.25, 0.3) is 5.91 Å². The van der Waals surface area contributed by atoms with Crippen LogP contribution < -0.4 is 15.4 Å². The van der Waals surface area contributed by atoms with E-state index in [0.29, 0.717) is 17.9 Å². The van der Waals surface area contributed by atoms with Crippen LogP contribution in [0.1, 0.15) is 35.8 Å². The molecule has 0 saturated heterocycles. The van der Waals surface area contributed by atoms with Crippen LogP contribution in [0.4, 0.5) is 0 Å². The molecule has 5 heteroatoms. The summed E-state index contributed by atoms with van der Waals surface area (Å²) in [6.07, 6.45) is 0. The van der Waals surface area contributed by atoms with Gasteiger partial charge in [0.15, 0.2) is 0 Å². The van der Waals surface area contributed by atoms with E-state index in [1.165, 1.54) is 0 Å². The molecular formula is C19H22N2O3. The lowest BCUT2D eigenvalue weighted by Gasteiger charge is -2.14. The minimum atomic E-state index is -0.291. The second-order valence-electron chi connectivity index (χ2n) is 5.34. The van der Waals surface area contributed by atoms with Gasteiger partial charge in [-0.05, 0) is 43.7 Å². The fourth-order valence-electron chi connectivity index (χ4n) is 2.25. The highest BCUT2D eigenvalue weighted by molar-refractivity contribution is 5.96. The molecule has 2 N–H and O–H groups in total. The van der Waals surface area contributed by atoms with Crippen LogP contribution >= 0.6 is 0 Å². The molecule has 0 aromatic heterocycles. The first-order valence-corrected chi connectivity index (χ1v) is 7.95. The van der Waals surface area contributed by atoms with Crippen molar-refractivity contribution in [1.29, 1.82) is 0 Å².